The van der Waals surface area contributed by atoms with Crippen LogP contribution in [-0.4, -0.2) is 13.7 Å². The lowest BCUT2D eigenvalue weighted by molar-refractivity contribution is 0.597. The van der Waals surface area contributed by atoms with Crippen LogP contribution in [0.4, 0.5) is 0 Å². The van der Waals surface area contributed by atoms with E-state index in [1.54, 1.807) is 12.1 Å². The van der Waals surface area contributed by atoms with Crippen LogP contribution in [0.3, 0.4) is 0 Å². The van der Waals surface area contributed by atoms with Crippen LogP contribution in [-0.2, 0) is 16.4 Å². The van der Waals surface area contributed by atoms with Crippen molar-refractivity contribution in [1.82, 2.24) is 0 Å². The Kier molecular flexibility index (Phi) is 3.94. The molecule has 0 unspecified atom stereocenters. The fourth-order valence-electron chi connectivity index (χ4n) is 1.03. The standard InChI is InChI=1S/C8H9BrClNO2S/c9-4-3-6-1-2-7(10)8(5-6)14(11,12)13/h1-2,5H,3-4H2,(H2,11,12,13). The van der Waals surface area contributed by atoms with Gasteiger partial charge >= 0.3 is 0 Å². The Hall–Kier alpha value is -0.100. The molecule has 0 bridgehead atoms. The zero-order chi connectivity index (χ0) is 10.8. The molecule has 0 heterocycles. The maximum atomic E-state index is 11.1. The Bertz CT molecular complexity index is 433. The summed E-state index contributed by atoms with van der Waals surface area (Å²) in [5.74, 6) is 0. The van der Waals surface area contributed by atoms with Crippen molar-refractivity contribution in [2.75, 3.05) is 5.33 Å². The number of alkyl halides is 1. The molecule has 2 N–H and O–H groups in total. The SMILES string of the molecule is NS(=O)(=O)c1cc(CCBr)ccc1Cl. The minimum absolute atomic E-state index is 0.0161. The molecule has 1 aromatic carbocycles. The number of hydrogen-bond acceptors (Lipinski definition) is 2. The van der Waals surface area contributed by atoms with E-state index in [9.17, 15) is 8.42 Å². The first-order chi connectivity index (χ1) is 6.45. The average molecular weight is 299 g/mol. The molecular formula is C8H9BrClNO2S. The molecule has 0 aliphatic rings. The highest BCUT2D eigenvalue weighted by atomic mass is 79.9. The maximum absolute atomic E-state index is 11.1. The van der Waals surface area contributed by atoms with Crippen LogP contribution in [0, 0.1) is 0 Å². The summed E-state index contributed by atoms with van der Waals surface area (Å²) in [4.78, 5) is -0.0161. The molecule has 0 atom stereocenters. The second-order valence-electron chi connectivity index (χ2n) is 2.75. The van der Waals surface area contributed by atoms with Gasteiger partial charge in [0.15, 0.2) is 0 Å². The van der Waals surface area contributed by atoms with E-state index in [0.29, 0.717) is 0 Å². The molecule has 0 radical (unpaired) electrons. The molecule has 3 nitrogen and oxygen atoms in total. The highest BCUT2D eigenvalue weighted by molar-refractivity contribution is 9.09. The van der Waals surface area contributed by atoms with Crippen molar-refractivity contribution in [2.45, 2.75) is 11.3 Å². The first kappa shape index (κ1) is 12.0. The van der Waals surface area contributed by atoms with Crippen molar-refractivity contribution >= 4 is 37.6 Å². The predicted molar refractivity (Wildman–Crippen MR) is 60.3 cm³/mol. The smallest absolute Gasteiger partial charge is 0.225 e. The zero-order valence-corrected chi connectivity index (χ0v) is 10.4. The Morgan fingerprint density at radius 2 is 2.07 bits per heavy atom. The van der Waals surface area contributed by atoms with Crippen molar-refractivity contribution in [1.29, 1.82) is 0 Å². The lowest BCUT2D eigenvalue weighted by atomic mass is 10.2. The van der Waals surface area contributed by atoms with Crippen molar-refractivity contribution in [3.63, 3.8) is 0 Å². The summed E-state index contributed by atoms with van der Waals surface area (Å²) >= 11 is 8.98. The van der Waals surface area contributed by atoms with Crippen molar-refractivity contribution in [2.24, 2.45) is 5.14 Å². The quantitative estimate of drug-likeness (QED) is 0.867. The lowest BCUT2D eigenvalue weighted by Crippen LogP contribution is -2.13. The minimum Gasteiger partial charge on any atom is -0.225 e. The van der Waals surface area contributed by atoms with E-state index in [1.807, 2.05) is 0 Å². The Balaban J connectivity index is 3.22. The largest absolute Gasteiger partial charge is 0.239 e. The number of nitrogens with two attached hydrogens (primary N) is 1. The highest BCUT2D eigenvalue weighted by Crippen LogP contribution is 2.21. The van der Waals surface area contributed by atoms with Gasteiger partial charge in [-0.2, -0.15) is 0 Å². The fourth-order valence-corrected chi connectivity index (χ4v) is 2.58. The molecule has 0 amide bonds. The van der Waals surface area contributed by atoms with Gasteiger partial charge in [0.1, 0.15) is 4.90 Å². The third-order valence-corrected chi connectivity index (χ3v) is 3.47. The Morgan fingerprint density at radius 3 is 2.57 bits per heavy atom. The van der Waals surface area contributed by atoms with E-state index >= 15 is 0 Å². The molecule has 78 valence electrons. The molecule has 0 saturated carbocycles. The zero-order valence-electron chi connectivity index (χ0n) is 7.20. The van der Waals surface area contributed by atoms with Crippen molar-refractivity contribution < 1.29 is 8.42 Å². The number of rotatable bonds is 3. The third kappa shape index (κ3) is 2.95. The maximum Gasteiger partial charge on any atom is 0.239 e. The summed E-state index contributed by atoms with van der Waals surface area (Å²) in [6, 6.07) is 4.82. The van der Waals surface area contributed by atoms with E-state index in [-0.39, 0.29) is 9.92 Å². The average Bonchev–Trinajstić information content (AvgIpc) is 2.07. The van der Waals surface area contributed by atoms with Gasteiger partial charge < -0.3 is 0 Å². The van der Waals surface area contributed by atoms with Crippen LogP contribution in [0.2, 0.25) is 5.02 Å². The molecule has 0 saturated heterocycles. The second-order valence-corrected chi connectivity index (χ2v) is 5.48. The van der Waals surface area contributed by atoms with E-state index in [4.69, 9.17) is 16.7 Å². The minimum atomic E-state index is -3.72. The van der Waals surface area contributed by atoms with Gasteiger partial charge in [-0.25, -0.2) is 13.6 Å². The van der Waals surface area contributed by atoms with Gasteiger partial charge in [0, 0.05) is 5.33 Å². The topological polar surface area (TPSA) is 60.2 Å². The summed E-state index contributed by atoms with van der Waals surface area (Å²) in [6.45, 7) is 0. The van der Waals surface area contributed by atoms with E-state index in [1.165, 1.54) is 6.07 Å². The van der Waals surface area contributed by atoms with Crippen molar-refractivity contribution in [3.8, 4) is 0 Å². The van der Waals surface area contributed by atoms with Crippen LogP contribution < -0.4 is 5.14 Å². The normalized spacial score (nSPS) is 11.6. The number of sulfonamides is 1. The molecule has 0 aliphatic heterocycles. The van der Waals surface area contributed by atoms with Crippen LogP contribution in [0.1, 0.15) is 5.56 Å². The summed E-state index contributed by atoms with van der Waals surface area (Å²) < 4.78 is 22.2. The van der Waals surface area contributed by atoms with Crippen molar-refractivity contribution in [3.05, 3.63) is 28.8 Å². The van der Waals surface area contributed by atoms with Crippen LogP contribution >= 0.6 is 27.5 Å². The van der Waals surface area contributed by atoms with Gasteiger partial charge in [-0.3, -0.25) is 0 Å². The number of primary sulfonamides is 1. The van der Waals surface area contributed by atoms with Gasteiger partial charge in [0.25, 0.3) is 0 Å². The van der Waals surface area contributed by atoms with Gasteiger partial charge in [0.2, 0.25) is 10.0 Å². The van der Waals surface area contributed by atoms with Crippen LogP contribution in [0.15, 0.2) is 23.1 Å². The fraction of sp³-hybridized carbons (Fsp3) is 0.250. The highest BCUT2D eigenvalue weighted by Gasteiger charge is 2.12. The molecule has 0 spiro atoms. The van der Waals surface area contributed by atoms with E-state index in [2.05, 4.69) is 15.9 Å². The predicted octanol–water partition coefficient (Wildman–Crippen LogP) is 1.92. The molecule has 0 aliphatic carbocycles. The first-order valence-corrected chi connectivity index (χ1v) is 6.87. The summed E-state index contributed by atoms with van der Waals surface area (Å²) in [5.41, 5.74) is 0.885. The molecule has 0 aromatic heterocycles. The third-order valence-electron chi connectivity index (χ3n) is 1.69. The van der Waals surface area contributed by atoms with E-state index in [0.717, 1.165) is 17.3 Å². The molecule has 1 aromatic rings. The molecule has 0 fully saturated rings. The van der Waals surface area contributed by atoms with Gasteiger partial charge in [-0.15, -0.1) is 0 Å². The number of aryl methyl sites for hydroxylation is 1. The lowest BCUT2D eigenvalue weighted by Gasteiger charge is -2.04. The number of benzene rings is 1. The molecule has 1 rings (SSSR count). The van der Waals surface area contributed by atoms with Crippen LogP contribution in [0.25, 0.3) is 0 Å². The summed E-state index contributed by atoms with van der Waals surface area (Å²) in [7, 11) is -3.72. The Morgan fingerprint density at radius 1 is 1.43 bits per heavy atom. The second kappa shape index (κ2) is 4.61. The first-order valence-electron chi connectivity index (χ1n) is 3.82. The molecule has 6 heteroatoms. The number of hydrogen-bond donors (Lipinski definition) is 1. The molecule has 14 heavy (non-hydrogen) atoms. The monoisotopic (exact) mass is 297 g/mol. The number of halogens is 2. The van der Waals surface area contributed by atoms with Crippen LogP contribution in [0.5, 0.6) is 0 Å². The van der Waals surface area contributed by atoms with Gasteiger partial charge in [-0.05, 0) is 24.1 Å². The van der Waals surface area contributed by atoms with E-state index < -0.39 is 10.0 Å². The van der Waals surface area contributed by atoms with Gasteiger partial charge in [0.05, 0.1) is 5.02 Å². The Labute approximate surface area is 96.4 Å². The molecular weight excluding hydrogens is 290 g/mol. The summed E-state index contributed by atoms with van der Waals surface area (Å²) in [6.07, 6.45) is 0.736. The summed E-state index contributed by atoms with van der Waals surface area (Å²) in [5, 5.41) is 5.92. The van der Waals surface area contributed by atoms with Gasteiger partial charge in [-0.1, -0.05) is 33.6 Å².